The Morgan fingerprint density at radius 3 is 1.08 bits per heavy atom. The molecule has 0 amide bonds. The fourth-order valence-corrected chi connectivity index (χ4v) is 6.30. The SMILES string of the molecule is CC/C=C\C/C=C\C/C=C\C/C=C\C/C=C\CCCCOCC(COC(=O)CCCCCCCC/C=C\C/C=C\C/C=C\C/C=C\CC)OC(=O)CC/C=C\C/C=C\C/C=C\C/C=C\CC. The van der Waals surface area contributed by atoms with Crippen molar-refractivity contribution in [3.63, 3.8) is 0 Å². The summed E-state index contributed by atoms with van der Waals surface area (Å²) < 4.78 is 17.3. The van der Waals surface area contributed by atoms with Gasteiger partial charge in [-0.05, 0) is 128 Å². The van der Waals surface area contributed by atoms with Gasteiger partial charge in [-0.25, -0.2) is 0 Å². The molecule has 5 heteroatoms. The molecule has 0 bridgehead atoms. The molecular weight excluding hydrogens is 813 g/mol. The quantitative estimate of drug-likeness (QED) is 0.0346. The summed E-state index contributed by atoms with van der Waals surface area (Å²) in [6.45, 7) is 7.26. The molecule has 0 N–H and O–H groups in total. The molecule has 0 spiro atoms. The summed E-state index contributed by atoms with van der Waals surface area (Å²) in [5.74, 6) is -0.547. The molecule has 1 unspecified atom stereocenters. The molecular formula is C61H94O5. The van der Waals surface area contributed by atoms with Gasteiger partial charge in [0.2, 0.25) is 0 Å². The van der Waals surface area contributed by atoms with Gasteiger partial charge in [0.1, 0.15) is 6.61 Å². The van der Waals surface area contributed by atoms with Crippen LogP contribution < -0.4 is 0 Å². The Labute approximate surface area is 405 Å². The third kappa shape index (κ3) is 52.1. The minimum Gasteiger partial charge on any atom is -0.462 e. The Morgan fingerprint density at radius 2 is 0.667 bits per heavy atom. The van der Waals surface area contributed by atoms with Crippen LogP contribution in [0, 0.1) is 0 Å². The van der Waals surface area contributed by atoms with Crippen LogP contribution in [-0.4, -0.2) is 37.9 Å². The zero-order chi connectivity index (χ0) is 47.7. The van der Waals surface area contributed by atoms with E-state index < -0.39 is 6.10 Å². The second kappa shape index (κ2) is 54.9. The topological polar surface area (TPSA) is 61.8 Å². The van der Waals surface area contributed by atoms with Crippen molar-refractivity contribution in [1.82, 2.24) is 0 Å². The summed E-state index contributed by atoms with van der Waals surface area (Å²) in [5.41, 5.74) is 0. The van der Waals surface area contributed by atoms with Gasteiger partial charge in [0.25, 0.3) is 0 Å². The van der Waals surface area contributed by atoms with Crippen molar-refractivity contribution in [2.45, 2.75) is 194 Å². The van der Waals surface area contributed by atoms with Crippen LogP contribution in [0.25, 0.3) is 0 Å². The number of ether oxygens (including phenoxy) is 3. The summed E-state index contributed by atoms with van der Waals surface area (Å²) >= 11 is 0. The van der Waals surface area contributed by atoms with Gasteiger partial charge in [-0.3, -0.25) is 9.59 Å². The number of allylic oxidation sites excluding steroid dienone is 26. The van der Waals surface area contributed by atoms with Gasteiger partial charge in [0.05, 0.1) is 6.61 Å². The molecule has 1 atom stereocenters. The fourth-order valence-electron chi connectivity index (χ4n) is 6.30. The highest BCUT2D eigenvalue weighted by molar-refractivity contribution is 5.70. The summed E-state index contributed by atoms with van der Waals surface area (Å²) in [6.07, 6.45) is 81.3. The van der Waals surface area contributed by atoms with Gasteiger partial charge in [-0.1, -0.05) is 204 Å². The van der Waals surface area contributed by atoms with Gasteiger partial charge in [-0.15, -0.1) is 0 Å². The van der Waals surface area contributed by atoms with Crippen LogP contribution in [0.15, 0.2) is 158 Å². The number of carbonyl (C=O) groups excluding carboxylic acids is 2. The van der Waals surface area contributed by atoms with Gasteiger partial charge in [-0.2, -0.15) is 0 Å². The minimum absolute atomic E-state index is 0.0197. The van der Waals surface area contributed by atoms with Crippen LogP contribution in [0.1, 0.15) is 188 Å². The highest BCUT2D eigenvalue weighted by Crippen LogP contribution is 2.11. The van der Waals surface area contributed by atoms with Crippen molar-refractivity contribution < 1.29 is 23.8 Å². The lowest BCUT2D eigenvalue weighted by Crippen LogP contribution is -2.30. The zero-order valence-electron chi connectivity index (χ0n) is 42.1. The largest absolute Gasteiger partial charge is 0.462 e. The van der Waals surface area contributed by atoms with E-state index in [4.69, 9.17) is 14.2 Å². The number of hydrogen-bond donors (Lipinski definition) is 0. The van der Waals surface area contributed by atoms with Gasteiger partial charge < -0.3 is 14.2 Å². The van der Waals surface area contributed by atoms with E-state index in [0.29, 0.717) is 19.4 Å². The van der Waals surface area contributed by atoms with E-state index in [1.807, 2.05) is 6.08 Å². The first-order valence-corrected chi connectivity index (χ1v) is 26.0. The normalized spacial score (nSPS) is 13.6. The molecule has 0 aromatic carbocycles. The van der Waals surface area contributed by atoms with Crippen LogP contribution >= 0.6 is 0 Å². The van der Waals surface area contributed by atoms with E-state index in [0.717, 1.165) is 128 Å². The lowest BCUT2D eigenvalue weighted by Gasteiger charge is -2.18. The van der Waals surface area contributed by atoms with Gasteiger partial charge in [0, 0.05) is 19.4 Å². The molecule has 0 aliphatic carbocycles. The molecule has 368 valence electrons. The molecule has 0 aliphatic heterocycles. The molecule has 0 aliphatic rings. The Balaban J connectivity index is 4.48. The first-order valence-electron chi connectivity index (χ1n) is 26.0. The molecule has 0 saturated heterocycles. The Morgan fingerprint density at radius 1 is 0.333 bits per heavy atom. The summed E-state index contributed by atoms with van der Waals surface area (Å²) in [4.78, 5) is 25.4. The average Bonchev–Trinajstić information content (AvgIpc) is 3.32. The van der Waals surface area contributed by atoms with Crippen LogP contribution in [0.2, 0.25) is 0 Å². The van der Waals surface area contributed by atoms with Gasteiger partial charge >= 0.3 is 11.9 Å². The van der Waals surface area contributed by atoms with Crippen molar-refractivity contribution >= 4 is 11.9 Å². The predicted molar refractivity (Wildman–Crippen MR) is 288 cm³/mol. The number of unbranched alkanes of at least 4 members (excludes halogenated alkanes) is 8. The molecule has 0 fully saturated rings. The maximum atomic E-state index is 12.8. The monoisotopic (exact) mass is 907 g/mol. The van der Waals surface area contributed by atoms with Gasteiger partial charge in [0.15, 0.2) is 6.10 Å². The van der Waals surface area contributed by atoms with E-state index in [1.54, 1.807) is 0 Å². The van der Waals surface area contributed by atoms with Crippen molar-refractivity contribution in [3.05, 3.63) is 158 Å². The van der Waals surface area contributed by atoms with Crippen molar-refractivity contribution in [1.29, 1.82) is 0 Å². The fraction of sp³-hybridized carbons (Fsp3) is 0.541. The van der Waals surface area contributed by atoms with Crippen molar-refractivity contribution in [3.8, 4) is 0 Å². The number of carbonyl (C=O) groups is 2. The highest BCUT2D eigenvalue weighted by atomic mass is 16.6. The first-order chi connectivity index (χ1) is 32.6. The standard InChI is InChI=1S/C61H94O5/c1-4-7-10-13-16-19-22-25-27-29-31-32-34-37-39-42-45-48-51-54-60(62)65-58-59(66-61(63)55-52-49-46-43-40-36-24-21-18-15-12-9-6-3)57-64-56-53-50-47-44-41-38-35-33-30-28-26-23-20-17-14-11-8-5-2/h7-12,16-21,25-28,31-33,35-36,40-41,44,46,49,59H,4-6,13-15,22-24,29-30,34,37-39,42-43,45,47-48,50-58H2,1-3H3/b10-7-,11-8-,12-9-,19-16-,20-17-,21-18-,27-25-,28-26-,32-31-,35-33-,40-36-,44-41-,49-46-. The molecule has 0 aromatic heterocycles. The highest BCUT2D eigenvalue weighted by Gasteiger charge is 2.17. The van der Waals surface area contributed by atoms with Crippen LogP contribution in [0.5, 0.6) is 0 Å². The van der Waals surface area contributed by atoms with Crippen LogP contribution in [0.3, 0.4) is 0 Å². The van der Waals surface area contributed by atoms with E-state index in [2.05, 4.69) is 173 Å². The van der Waals surface area contributed by atoms with Crippen LogP contribution in [-0.2, 0) is 23.8 Å². The predicted octanol–water partition coefficient (Wildman–Crippen LogP) is 17.9. The Bertz CT molecular complexity index is 1490. The first kappa shape index (κ1) is 61.5. The molecule has 0 radical (unpaired) electrons. The number of rotatable bonds is 45. The van der Waals surface area contributed by atoms with Crippen LogP contribution in [0.4, 0.5) is 0 Å². The smallest absolute Gasteiger partial charge is 0.306 e. The van der Waals surface area contributed by atoms with E-state index in [1.165, 1.54) is 19.3 Å². The van der Waals surface area contributed by atoms with E-state index in [-0.39, 0.29) is 31.6 Å². The third-order valence-corrected chi connectivity index (χ3v) is 10.1. The molecule has 0 rings (SSSR count). The lowest BCUT2D eigenvalue weighted by molar-refractivity contribution is -0.162. The Kier molecular flexibility index (Phi) is 51.1. The maximum absolute atomic E-state index is 12.8. The van der Waals surface area contributed by atoms with Crippen molar-refractivity contribution in [2.24, 2.45) is 0 Å². The van der Waals surface area contributed by atoms with Crippen molar-refractivity contribution in [2.75, 3.05) is 19.8 Å². The maximum Gasteiger partial charge on any atom is 0.306 e. The molecule has 5 nitrogen and oxygen atoms in total. The summed E-state index contributed by atoms with van der Waals surface area (Å²) in [7, 11) is 0. The lowest BCUT2D eigenvalue weighted by atomic mass is 10.1. The molecule has 0 aromatic rings. The Hall–Kier alpha value is -4.48. The number of hydrogen-bond acceptors (Lipinski definition) is 5. The molecule has 66 heavy (non-hydrogen) atoms. The van der Waals surface area contributed by atoms with E-state index >= 15 is 0 Å². The molecule has 0 heterocycles. The second-order valence-electron chi connectivity index (χ2n) is 16.3. The molecule has 0 saturated carbocycles. The van der Waals surface area contributed by atoms with E-state index in [9.17, 15) is 9.59 Å². The zero-order valence-corrected chi connectivity index (χ0v) is 42.1. The minimum atomic E-state index is -0.616. The summed E-state index contributed by atoms with van der Waals surface area (Å²) in [6, 6.07) is 0. The number of esters is 2. The summed E-state index contributed by atoms with van der Waals surface area (Å²) in [5, 5.41) is 0. The second-order valence-corrected chi connectivity index (χ2v) is 16.3. The third-order valence-electron chi connectivity index (χ3n) is 10.1. The average molecular weight is 907 g/mol.